The molecule has 4 heteroatoms. The SMILES string of the molecule is CCOC1CCN(C2(CN)CCN3CCCC3C2)CC1. The molecule has 4 nitrogen and oxygen atoms in total. The van der Waals surface area contributed by atoms with Crippen molar-refractivity contribution in [1.29, 1.82) is 0 Å². The van der Waals surface area contributed by atoms with Crippen molar-refractivity contribution in [3.63, 3.8) is 0 Å². The molecule has 3 aliphatic rings. The van der Waals surface area contributed by atoms with Gasteiger partial charge in [-0.2, -0.15) is 0 Å². The van der Waals surface area contributed by atoms with Crippen LogP contribution in [0.15, 0.2) is 0 Å². The molecule has 0 saturated carbocycles. The van der Waals surface area contributed by atoms with E-state index in [4.69, 9.17) is 10.5 Å². The van der Waals surface area contributed by atoms with Gasteiger partial charge in [-0.15, -0.1) is 0 Å². The predicted octanol–water partition coefficient (Wildman–Crippen LogP) is 1.44. The highest BCUT2D eigenvalue weighted by atomic mass is 16.5. The van der Waals surface area contributed by atoms with E-state index < -0.39 is 0 Å². The van der Waals surface area contributed by atoms with Gasteiger partial charge >= 0.3 is 0 Å². The maximum Gasteiger partial charge on any atom is 0.0599 e. The van der Waals surface area contributed by atoms with Gasteiger partial charge in [0.05, 0.1) is 6.10 Å². The molecule has 3 aliphatic heterocycles. The van der Waals surface area contributed by atoms with Gasteiger partial charge in [0, 0.05) is 44.4 Å². The molecule has 3 saturated heterocycles. The first-order chi connectivity index (χ1) is 9.77. The lowest BCUT2D eigenvalue weighted by Gasteiger charge is -2.52. The molecule has 0 radical (unpaired) electrons. The van der Waals surface area contributed by atoms with E-state index in [1.54, 1.807) is 0 Å². The van der Waals surface area contributed by atoms with E-state index >= 15 is 0 Å². The Labute approximate surface area is 123 Å². The standard InChI is InChI=1S/C16H31N3O/c1-2-20-15-5-9-19(10-6-15)16(13-17)7-11-18-8-3-4-14(18)12-16/h14-15H,2-13,17H2,1H3. The number of rotatable bonds is 4. The van der Waals surface area contributed by atoms with Crippen molar-refractivity contribution in [3.05, 3.63) is 0 Å². The summed E-state index contributed by atoms with van der Waals surface area (Å²) in [5, 5.41) is 0. The lowest BCUT2D eigenvalue weighted by atomic mass is 9.80. The van der Waals surface area contributed by atoms with Crippen molar-refractivity contribution in [2.75, 3.05) is 39.3 Å². The Balaban J connectivity index is 1.61. The molecule has 3 fully saturated rings. The normalized spacial score (nSPS) is 37.2. The van der Waals surface area contributed by atoms with E-state index in [0.717, 1.165) is 19.2 Å². The Morgan fingerprint density at radius 2 is 1.95 bits per heavy atom. The van der Waals surface area contributed by atoms with Gasteiger partial charge in [-0.05, 0) is 52.0 Å². The van der Waals surface area contributed by atoms with Crippen LogP contribution in [-0.2, 0) is 4.74 Å². The summed E-state index contributed by atoms with van der Waals surface area (Å²) in [4.78, 5) is 5.40. The minimum Gasteiger partial charge on any atom is -0.378 e. The summed E-state index contributed by atoms with van der Waals surface area (Å²) in [6.07, 6.45) is 8.18. The average molecular weight is 281 g/mol. The summed E-state index contributed by atoms with van der Waals surface area (Å²) in [5.74, 6) is 0. The zero-order chi connectivity index (χ0) is 14.0. The van der Waals surface area contributed by atoms with Crippen molar-refractivity contribution < 1.29 is 4.74 Å². The summed E-state index contributed by atoms with van der Waals surface area (Å²) in [6, 6.07) is 0.803. The van der Waals surface area contributed by atoms with Gasteiger partial charge < -0.3 is 15.4 Å². The Hall–Kier alpha value is -0.160. The van der Waals surface area contributed by atoms with E-state index in [9.17, 15) is 0 Å². The monoisotopic (exact) mass is 281 g/mol. The van der Waals surface area contributed by atoms with Crippen LogP contribution in [0.2, 0.25) is 0 Å². The molecular weight excluding hydrogens is 250 g/mol. The lowest BCUT2D eigenvalue weighted by molar-refractivity contribution is -0.0439. The van der Waals surface area contributed by atoms with Crippen LogP contribution < -0.4 is 5.73 Å². The number of piperidine rings is 2. The number of fused-ring (bicyclic) bond motifs is 1. The van der Waals surface area contributed by atoms with Crippen LogP contribution in [0.4, 0.5) is 0 Å². The number of nitrogens with zero attached hydrogens (tertiary/aromatic N) is 2. The second-order valence-corrected chi connectivity index (χ2v) is 6.86. The fraction of sp³-hybridized carbons (Fsp3) is 1.00. The molecule has 0 amide bonds. The Kier molecular flexibility index (Phi) is 4.65. The van der Waals surface area contributed by atoms with Crippen molar-refractivity contribution in [3.8, 4) is 0 Å². The fourth-order valence-electron chi connectivity index (χ4n) is 4.65. The zero-order valence-electron chi connectivity index (χ0n) is 13.0. The predicted molar refractivity (Wildman–Crippen MR) is 81.8 cm³/mol. The minimum absolute atomic E-state index is 0.280. The molecule has 2 atom stereocenters. The molecule has 3 heterocycles. The third kappa shape index (κ3) is 2.76. The van der Waals surface area contributed by atoms with Crippen LogP contribution in [-0.4, -0.2) is 66.8 Å². The first-order valence-corrected chi connectivity index (χ1v) is 8.58. The van der Waals surface area contributed by atoms with Crippen molar-refractivity contribution >= 4 is 0 Å². The Morgan fingerprint density at radius 1 is 1.15 bits per heavy atom. The lowest BCUT2D eigenvalue weighted by Crippen LogP contribution is -2.62. The van der Waals surface area contributed by atoms with Crippen LogP contribution >= 0.6 is 0 Å². The van der Waals surface area contributed by atoms with Crippen molar-refractivity contribution in [1.82, 2.24) is 9.80 Å². The quantitative estimate of drug-likeness (QED) is 0.847. The average Bonchev–Trinajstić information content (AvgIpc) is 2.95. The van der Waals surface area contributed by atoms with Gasteiger partial charge in [0.15, 0.2) is 0 Å². The number of ether oxygens (including phenoxy) is 1. The van der Waals surface area contributed by atoms with Gasteiger partial charge in [0.1, 0.15) is 0 Å². The molecule has 116 valence electrons. The zero-order valence-corrected chi connectivity index (χ0v) is 13.0. The molecule has 0 aromatic carbocycles. The van der Waals surface area contributed by atoms with Crippen LogP contribution in [0.25, 0.3) is 0 Å². The summed E-state index contributed by atoms with van der Waals surface area (Å²) >= 11 is 0. The number of likely N-dealkylation sites (tertiary alicyclic amines) is 1. The first-order valence-electron chi connectivity index (χ1n) is 8.58. The van der Waals surface area contributed by atoms with Crippen LogP contribution in [0.1, 0.15) is 45.4 Å². The molecule has 0 aromatic rings. The number of nitrogens with two attached hydrogens (primary N) is 1. The van der Waals surface area contributed by atoms with E-state index in [1.807, 2.05) is 0 Å². The molecule has 0 aromatic heterocycles. The molecule has 2 unspecified atom stereocenters. The third-order valence-corrected chi connectivity index (χ3v) is 5.87. The Bertz CT molecular complexity index is 317. The smallest absolute Gasteiger partial charge is 0.0599 e. The molecule has 0 aliphatic carbocycles. The third-order valence-electron chi connectivity index (χ3n) is 5.87. The summed E-state index contributed by atoms with van der Waals surface area (Å²) < 4.78 is 5.79. The maximum absolute atomic E-state index is 6.25. The highest BCUT2D eigenvalue weighted by Gasteiger charge is 2.45. The maximum atomic E-state index is 6.25. The van der Waals surface area contributed by atoms with Gasteiger partial charge in [-0.25, -0.2) is 0 Å². The minimum atomic E-state index is 0.280. The molecule has 3 rings (SSSR count). The molecule has 0 spiro atoms. The number of hydrogen-bond donors (Lipinski definition) is 1. The number of hydrogen-bond acceptors (Lipinski definition) is 4. The van der Waals surface area contributed by atoms with Crippen LogP contribution in [0.3, 0.4) is 0 Å². The molecular formula is C16H31N3O. The van der Waals surface area contributed by atoms with Crippen molar-refractivity contribution in [2.24, 2.45) is 5.73 Å². The van der Waals surface area contributed by atoms with E-state index in [2.05, 4.69) is 16.7 Å². The van der Waals surface area contributed by atoms with Gasteiger partial charge in [-0.1, -0.05) is 0 Å². The van der Waals surface area contributed by atoms with E-state index in [-0.39, 0.29) is 5.54 Å². The second-order valence-electron chi connectivity index (χ2n) is 6.86. The molecule has 2 N–H and O–H groups in total. The highest BCUT2D eigenvalue weighted by Crippen LogP contribution is 2.37. The van der Waals surface area contributed by atoms with Gasteiger partial charge in [-0.3, -0.25) is 4.90 Å². The van der Waals surface area contributed by atoms with E-state index in [0.29, 0.717) is 6.10 Å². The largest absolute Gasteiger partial charge is 0.378 e. The van der Waals surface area contributed by atoms with Gasteiger partial charge in [0.25, 0.3) is 0 Å². The van der Waals surface area contributed by atoms with Gasteiger partial charge in [0.2, 0.25) is 0 Å². The molecule has 20 heavy (non-hydrogen) atoms. The fourth-order valence-corrected chi connectivity index (χ4v) is 4.65. The summed E-state index contributed by atoms with van der Waals surface area (Å²) in [6.45, 7) is 8.71. The Morgan fingerprint density at radius 3 is 2.65 bits per heavy atom. The van der Waals surface area contributed by atoms with Crippen LogP contribution in [0, 0.1) is 0 Å². The topological polar surface area (TPSA) is 41.7 Å². The summed E-state index contributed by atoms with van der Waals surface area (Å²) in [7, 11) is 0. The van der Waals surface area contributed by atoms with Crippen LogP contribution in [0.5, 0.6) is 0 Å². The van der Waals surface area contributed by atoms with E-state index in [1.165, 1.54) is 64.7 Å². The first kappa shape index (κ1) is 14.8. The summed E-state index contributed by atoms with van der Waals surface area (Å²) in [5.41, 5.74) is 6.53. The highest BCUT2D eigenvalue weighted by molar-refractivity contribution is 5.02. The second kappa shape index (κ2) is 6.30. The molecule has 0 bridgehead atoms. The van der Waals surface area contributed by atoms with Crippen molar-refractivity contribution in [2.45, 2.75) is 63.1 Å².